The molecule has 0 amide bonds. The van der Waals surface area contributed by atoms with Gasteiger partial charge in [0.15, 0.2) is 0 Å². The number of nitrogens with zero attached hydrogens (tertiary/aromatic N) is 1. The predicted molar refractivity (Wildman–Crippen MR) is 129 cm³/mol. The molecule has 5 heteroatoms. The zero-order valence-corrected chi connectivity index (χ0v) is 20.2. The van der Waals surface area contributed by atoms with Crippen LogP contribution in [0.1, 0.15) is 136 Å². The maximum atomic E-state index is 7.17. The van der Waals surface area contributed by atoms with Gasteiger partial charge in [-0.05, 0) is 38.9 Å². The summed E-state index contributed by atoms with van der Waals surface area (Å²) in [5.74, 6) is 0. The van der Waals surface area contributed by atoms with E-state index in [-0.39, 0.29) is 0 Å². The molecule has 0 aromatic rings. The molecular formula is C24H54BNO3. The van der Waals surface area contributed by atoms with Crippen molar-refractivity contribution in [1.29, 1.82) is 0 Å². The van der Waals surface area contributed by atoms with E-state index in [2.05, 4.69) is 25.7 Å². The largest absolute Gasteiger partial charge is 0.631 e. The van der Waals surface area contributed by atoms with E-state index in [0.29, 0.717) is 0 Å². The van der Waals surface area contributed by atoms with Crippen LogP contribution in [-0.2, 0) is 0 Å². The van der Waals surface area contributed by atoms with Gasteiger partial charge in [-0.15, -0.1) is 0 Å². The van der Waals surface area contributed by atoms with Crippen LogP contribution in [0.5, 0.6) is 0 Å². The Bertz CT molecular complexity index is 240. The molecule has 0 aliphatic heterocycles. The van der Waals surface area contributed by atoms with Gasteiger partial charge in [0.1, 0.15) is 0 Å². The molecule has 4 nitrogen and oxygen atoms in total. The summed E-state index contributed by atoms with van der Waals surface area (Å²) in [5, 5.41) is 21.5. The molecule has 0 saturated carbocycles. The minimum atomic E-state index is -2.17. The second kappa shape index (κ2) is 27.9. The van der Waals surface area contributed by atoms with Gasteiger partial charge in [0.05, 0.1) is 0 Å². The lowest BCUT2D eigenvalue weighted by Gasteiger charge is -2.22. The summed E-state index contributed by atoms with van der Waals surface area (Å²) >= 11 is 0. The normalized spacial score (nSPS) is 10.9. The van der Waals surface area contributed by atoms with Crippen molar-refractivity contribution < 1.29 is 15.1 Å². The Labute approximate surface area is 183 Å². The van der Waals surface area contributed by atoms with E-state index >= 15 is 0 Å². The first-order chi connectivity index (χ1) is 14.1. The Balaban J connectivity index is 0. The number of rotatable bonds is 21. The summed E-state index contributed by atoms with van der Waals surface area (Å²) in [6, 6.07) is 0. The molecule has 176 valence electrons. The predicted octanol–water partition coefficient (Wildman–Crippen LogP) is 6.32. The highest BCUT2D eigenvalue weighted by Crippen LogP contribution is 2.11. The summed E-state index contributed by atoms with van der Waals surface area (Å²) < 4.78 is 0. The second-order valence-corrected chi connectivity index (χ2v) is 8.49. The molecule has 0 aromatic heterocycles. The monoisotopic (exact) mass is 415 g/mol. The minimum absolute atomic E-state index is 1.36. The van der Waals surface area contributed by atoms with E-state index in [1.807, 2.05) is 0 Å². The van der Waals surface area contributed by atoms with Gasteiger partial charge in [-0.3, -0.25) is 0 Å². The van der Waals surface area contributed by atoms with Crippen LogP contribution in [0.3, 0.4) is 0 Å². The lowest BCUT2D eigenvalue weighted by Crippen LogP contribution is -2.27. The topological polar surface area (TPSA) is 63.9 Å². The van der Waals surface area contributed by atoms with Crippen LogP contribution in [0.4, 0.5) is 0 Å². The maximum absolute atomic E-state index is 7.17. The highest BCUT2D eigenvalue weighted by atomic mass is 16.5. The Hall–Kier alpha value is -0.0951. The highest BCUT2D eigenvalue weighted by molar-refractivity contribution is 6.30. The standard InChI is InChI=1S/C24H51N.BH3O3/c1-4-7-10-13-16-19-22-25(23-20-17-14-11-8-5-2)24-21-18-15-12-9-6-3;2-1(3)4/h4-24H2,1-3H3;2-4H. The average molecular weight is 416 g/mol. The number of hydrogen-bond acceptors (Lipinski definition) is 4. The van der Waals surface area contributed by atoms with Gasteiger partial charge >= 0.3 is 7.32 Å². The molecule has 0 bridgehead atoms. The molecule has 0 spiro atoms. The first kappa shape index (κ1) is 31.1. The van der Waals surface area contributed by atoms with E-state index in [9.17, 15) is 0 Å². The van der Waals surface area contributed by atoms with Crippen molar-refractivity contribution >= 4 is 7.32 Å². The van der Waals surface area contributed by atoms with E-state index < -0.39 is 7.32 Å². The second-order valence-electron chi connectivity index (χ2n) is 8.49. The van der Waals surface area contributed by atoms with Crippen LogP contribution >= 0.6 is 0 Å². The molecule has 3 N–H and O–H groups in total. The Kier molecular flexibility index (Phi) is 29.9. The van der Waals surface area contributed by atoms with Crippen LogP contribution in [0.15, 0.2) is 0 Å². The summed E-state index contributed by atoms with van der Waals surface area (Å²) in [6.45, 7) is 11.0. The molecule has 0 aliphatic carbocycles. The third kappa shape index (κ3) is 32.8. The molecule has 0 heterocycles. The van der Waals surface area contributed by atoms with Gasteiger partial charge in [-0.25, -0.2) is 0 Å². The molecule has 0 aromatic carbocycles. The lowest BCUT2D eigenvalue weighted by atomic mass is 10.1. The van der Waals surface area contributed by atoms with Gasteiger partial charge in [0.2, 0.25) is 0 Å². The molecule has 0 saturated heterocycles. The summed E-state index contributed by atoms with van der Waals surface area (Å²) in [5.41, 5.74) is 0. The number of hydrogen-bond donors (Lipinski definition) is 3. The quantitative estimate of drug-likeness (QED) is 0.152. The van der Waals surface area contributed by atoms with E-state index in [4.69, 9.17) is 15.1 Å². The Morgan fingerprint density at radius 1 is 0.414 bits per heavy atom. The van der Waals surface area contributed by atoms with Crippen LogP contribution in [0, 0.1) is 0 Å². The summed E-state index contributed by atoms with van der Waals surface area (Å²) in [6.07, 6.45) is 25.7. The van der Waals surface area contributed by atoms with Crippen molar-refractivity contribution in [1.82, 2.24) is 4.90 Å². The molecule has 0 aliphatic rings. The SMILES string of the molecule is CCCCCCCCN(CCCCCCCC)CCCCCCCC.OB(O)O. The maximum Gasteiger partial charge on any atom is 0.631 e. The van der Waals surface area contributed by atoms with Crippen molar-refractivity contribution in [2.45, 2.75) is 136 Å². The van der Waals surface area contributed by atoms with Crippen LogP contribution in [0.25, 0.3) is 0 Å². The zero-order chi connectivity index (χ0) is 22.0. The minimum Gasteiger partial charge on any atom is -0.402 e. The summed E-state index contributed by atoms with van der Waals surface area (Å²) in [4.78, 5) is 2.79. The Morgan fingerprint density at radius 2 is 0.621 bits per heavy atom. The first-order valence-electron chi connectivity index (χ1n) is 12.8. The smallest absolute Gasteiger partial charge is 0.402 e. The molecule has 0 unspecified atom stereocenters. The number of unbranched alkanes of at least 4 members (excludes halogenated alkanes) is 15. The van der Waals surface area contributed by atoms with Gasteiger partial charge < -0.3 is 20.0 Å². The van der Waals surface area contributed by atoms with Crippen molar-refractivity contribution in [3.8, 4) is 0 Å². The highest BCUT2D eigenvalue weighted by Gasteiger charge is 2.05. The van der Waals surface area contributed by atoms with Crippen LogP contribution in [0.2, 0.25) is 0 Å². The molecule has 0 rings (SSSR count). The fourth-order valence-electron chi connectivity index (χ4n) is 3.68. The van der Waals surface area contributed by atoms with E-state index in [0.717, 1.165) is 0 Å². The molecule has 0 atom stereocenters. The molecule has 0 fully saturated rings. The third-order valence-electron chi connectivity index (χ3n) is 5.48. The first-order valence-corrected chi connectivity index (χ1v) is 12.8. The Morgan fingerprint density at radius 3 is 0.862 bits per heavy atom. The molecule has 29 heavy (non-hydrogen) atoms. The van der Waals surface area contributed by atoms with Crippen LogP contribution < -0.4 is 0 Å². The van der Waals surface area contributed by atoms with Crippen molar-refractivity contribution in [2.75, 3.05) is 19.6 Å². The average Bonchev–Trinajstić information content (AvgIpc) is 2.68. The molecular weight excluding hydrogens is 361 g/mol. The van der Waals surface area contributed by atoms with Gasteiger partial charge in [0.25, 0.3) is 0 Å². The van der Waals surface area contributed by atoms with Gasteiger partial charge in [0, 0.05) is 0 Å². The fraction of sp³-hybridized carbons (Fsp3) is 1.00. The lowest BCUT2D eigenvalue weighted by molar-refractivity contribution is 0.254. The van der Waals surface area contributed by atoms with E-state index in [1.54, 1.807) is 0 Å². The van der Waals surface area contributed by atoms with Crippen molar-refractivity contribution in [3.63, 3.8) is 0 Å². The third-order valence-corrected chi connectivity index (χ3v) is 5.48. The van der Waals surface area contributed by atoms with Gasteiger partial charge in [-0.2, -0.15) is 0 Å². The fourth-order valence-corrected chi connectivity index (χ4v) is 3.68. The van der Waals surface area contributed by atoms with Crippen LogP contribution in [-0.4, -0.2) is 46.9 Å². The summed E-state index contributed by atoms with van der Waals surface area (Å²) in [7, 11) is -2.17. The van der Waals surface area contributed by atoms with Crippen molar-refractivity contribution in [2.24, 2.45) is 0 Å². The van der Waals surface area contributed by atoms with E-state index in [1.165, 1.54) is 135 Å². The van der Waals surface area contributed by atoms with Gasteiger partial charge in [-0.1, -0.05) is 117 Å². The zero-order valence-electron chi connectivity index (χ0n) is 20.2. The molecule has 0 radical (unpaired) electrons. The van der Waals surface area contributed by atoms with Crippen molar-refractivity contribution in [3.05, 3.63) is 0 Å².